The molecule has 0 saturated heterocycles. The second-order valence-corrected chi connectivity index (χ2v) is 7.12. The van der Waals surface area contributed by atoms with Gasteiger partial charge in [0.15, 0.2) is 0 Å². The van der Waals surface area contributed by atoms with Gasteiger partial charge in [-0.2, -0.15) is 5.10 Å². The normalized spacial score (nSPS) is 11.3. The van der Waals surface area contributed by atoms with E-state index in [0.29, 0.717) is 0 Å². The van der Waals surface area contributed by atoms with E-state index < -0.39 is 0 Å². The van der Waals surface area contributed by atoms with Crippen LogP contribution in [-0.4, -0.2) is 9.78 Å². The average Bonchev–Trinajstić information content (AvgIpc) is 3.09. The Morgan fingerprint density at radius 2 is 1.27 bits per heavy atom. The molecule has 0 saturated carbocycles. The summed E-state index contributed by atoms with van der Waals surface area (Å²) in [6.45, 7) is 0. The zero-order chi connectivity index (χ0) is 17.5. The van der Waals surface area contributed by atoms with E-state index in [-0.39, 0.29) is 0 Å². The molecule has 4 aromatic carbocycles. The molecule has 0 aliphatic carbocycles. The highest BCUT2D eigenvalue weighted by atomic mass is 79.9. The maximum absolute atomic E-state index is 5.02. The average molecular weight is 399 g/mol. The first-order chi connectivity index (χ1) is 12.8. The molecule has 5 aromatic rings. The van der Waals surface area contributed by atoms with Crippen molar-refractivity contribution in [2.45, 2.75) is 0 Å². The van der Waals surface area contributed by atoms with Gasteiger partial charge in [0.2, 0.25) is 0 Å². The van der Waals surface area contributed by atoms with Gasteiger partial charge in [-0.1, -0.05) is 88.7 Å². The van der Waals surface area contributed by atoms with Crippen LogP contribution >= 0.6 is 15.9 Å². The number of nitrogens with zero attached hydrogens (tertiary/aromatic N) is 2. The van der Waals surface area contributed by atoms with Crippen molar-refractivity contribution in [3.63, 3.8) is 0 Å². The van der Waals surface area contributed by atoms with Crippen LogP contribution in [0.1, 0.15) is 0 Å². The molecule has 26 heavy (non-hydrogen) atoms. The summed E-state index contributed by atoms with van der Waals surface area (Å²) in [6, 6.07) is 31.3. The second-order valence-electron chi connectivity index (χ2n) is 6.26. The summed E-state index contributed by atoms with van der Waals surface area (Å²) in [4.78, 5) is 0. The van der Waals surface area contributed by atoms with E-state index >= 15 is 0 Å². The van der Waals surface area contributed by atoms with E-state index in [1.54, 1.807) is 0 Å². The van der Waals surface area contributed by atoms with Crippen molar-refractivity contribution in [2.24, 2.45) is 0 Å². The molecule has 124 valence electrons. The molecule has 0 aliphatic heterocycles. The lowest BCUT2D eigenvalue weighted by Crippen LogP contribution is -1.98. The Kier molecular flexibility index (Phi) is 3.61. The van der Waals surface area contributed by atoms with E-state index in [9.17, 15) is 0 Å². The van der Waals surface area contributed by atoms with E-state index in [4.69, 9.17) is 5.10 Å². The first kappa shape index (κ1) is 15.4. The first-order valence-electron chi connectivity index (χ1n) is 8.54. The van der Waals surface area contributed by atoms with Crippen molar-refractivity contribution in [3.8, 4) is 16.9 Å². The molecule has 0 amide bonds. The Morgan fingerprint density at radius 1 is 0.654 bits per heavy atom. The minimum atomic E-state index is 1.02. The van der Waals surface area contributed by atoms with Gasteiger partial charge in [0, 0.05) is 20.8 Å². The van der Waals surface area contributed by atoms with Gasteiger partial charge in [0.1, 0.15) is 5.52 Å². The number of aromatic nitrogens is 2. The lowest BCUT2D eigenvalue weighted by molar-refractivity contribution is 0.905. The summed E-state index contributed by atoms with van der Waals surface area (Å²) in [5.41, 5.74) is 4.34. The van der Waals surface area contributed by atoms with E-state index in [1.807, 2.05) is 24.3 Å². The van der Waals surface area contributed by atoms with Gasteiger partial charge in [0.05, 0.1) is 11.4 Å². The van der Waals surface area contributed by atoms with E-state index in [0.717, 1.165) is 37.7 Å². The SMILES string of the molecule is Brc1cc2c(-c3ccccc3)n(-c3ccccc3)nc2c2ccccc12. The molecule has 5 rings (SSSR count). The summed E-state index contributed by atoms with van der Waals surface area (Å²) >= 11 is 3.75. The van der Waals surface area contributed by atoms with Gasteiger partial charge in [0.25, 0.3) is 0 Å². The van der Waals surface area contributed by atoms with Gasteiger partial charge < -0.3 is 0 Å². The fourth-order valence-corrected chi connectivity index (χ4v) is 4.07. The lowest BCUT2D eigenvalue weighted by Gasteiger charge is -2.08. The van der Waals surface area contributed by atoms with Gasteiger partial charge in [-0.3, -0.25) is 0 Å². The predicted molar refractivity (Wildman–Crippen MR) is 112 cm³/mol. The third kappa shape index (κ3) is 2.36. The zero-order valence-corrected chi connectivity index (χ0v) is 15.5. The van der Waals surface area contributed by atoms with Crippen molar-refractivity contribution < 1.29 is 0 Å². The molecule has 1 aromatic heterocycles. The highest BCUT2D eigenvalue weighted by Crippen LogP contribution is 2.38. The Balaban J connectivity index is 1.96. The Labute approximate surface area is 159 Å². The van der Waals surface area contributed by atoms with Crippen molar-refractivity contribution >= 4 is 37.6 Å². The number of hydrogen-bond acceptors (Lipinski definition) is 1. The van der Waals surface area contributed by atoms with Crippen LogP contribution in [-0.2, 0) is 0 Å². The Hall–Kier alpha value is -2.91. The van der Waals surface area contributed by atoms with Crippen LogP contribution in [0.25, 0.3) is 38.6 Å². The summed E-state index contributed by atoms with van der Waals surface area (Å²) in [5.74, 6) is 0. The van der Waals surface area contributed by atoms with Crippen LogP contribution in [0.2, 0.25) is 0 Å². The molecular formula is C23H15BrN2. The van der Waals surface area contributed by atoms with Gasteiger partial charge in [-0.05, 0) is 23.6 Å². The molecule has 0 unspecified atom stereocenters. The number of benzene rings is 4. The third-order valence-electron chi connectivity index (χ3n) is 4.68. The molecule has 0 bridgehead atoms. The quantitative estimate of drug-likeness (QED) is 0.327. The lowest BCUT2D eigenvalue weighted by atomic mass is 10.0. The number of rotatable bonds is 2. The van der Waals surface area contributed by atoms with Gasteiger partial charge >= 0.3 is 0 Å². The van der Waals surface area contributed by atoms with Crippen LogP contribution in [0.15, 0.2) is 95.5 Å². The van der Waals surface area contributed by atoms with E-state index in [1.165, 1.54) is 5.39 Å². The molecule has 2 nitrogen and oxygen atoms in total. The van der Waals surface area contributed by atoms with Crippen LogP contribution in [0, 0.1) is 0 Å². The largest absolute Gasteiger partial charge is 0.232 e. The summed E-state index contributed by atoms with van der Waals surface area (Å²) in [7, 11) is 0. The monoisotopic (exact) mass is 398 g/mol. The first-order valence-corrected chi connectivity index (χ1v) is 9.33. The van der Waals surface area contributed by atoms with Crippen molar-refractivity contribution in [3.05, 3.63) is 95.5 Å². The van der Waals surface area contributed by atoms with Crippen molar-refractivity contribution in [1.29, 1.82) is 0 Å². The van der Waals surface area contributed by atoms with Crippen molar-refractivity contribution in [1.82, 2.24) is 9.78 Å². The number of halogens is 1. The molecule has 1 heterocycles. The standard InChI is InChI=1S/C23H15BrN2/c24-21-15-20-22(19-14-8-7-13-18(19)21)25-26(17-11-5-2-6-12-17)23(20)16-9-3-1-4-10-16/h1-15H. The van der Waals surface area contributed by atoms with Gasteiger partial charge in [-0.25, -0.2) is 4.68 Å². The summed E-state index contributed by atoms with van der Waals surface area (Å²) in [5, 5.41) is 8.50. The smallest absolute Gasteiger partial charge is 0.101 e. The Morgan fingerprint density at radius 3 is 2.00 bits per heavy atom. The maximum atomic E-state index is 5.02. The summed E-state index contributed by atoms with van der Waals surface area (Å²) < 4.78 is 3.14. The number of hydrogen-bond donors (Lipinski definition) is 0. The fourth-order valence-electron chi connectivity index (χ4n) is 3.50. The van der Waals surface area contributed by atoms with Crippen LogP contribution < -0.4 is 0 Å². The van der Waals surface area contributed by atoms with Gasteiger partial charge in [-0.15, -0.1) is 0 Å². The minimum Gasteiger partial charge on any atom is -0.232 e. The Bertz CT molecular complexity index is 1230. The molecule has 0 aliphatic rings. The zero-order valence-electron chi connectivity index (χ0n) is 13.9. The molecule has 3 heteroatoms. The topological polar surface area (TPSA) is 17.8 Å². The molecular weight excluding hydrogens is 384 g/mol. The number of para-hydroxylation sites is 1. The van der Waals surface area contributed by atoms with E-state index in [2.05, 4.69) is 87.3 Å². The summed E-state index contributed by atoms with van der Waals surface area (Å²) in [6.07, 6.45) is 0. The molecule has 0 spiro atoms. The minimum absolute atomic E-state index is 1.02. The van der Waals surface area contributed by atoms with Crippen molar-refractivity contribution in [2.75, 3.05) is 0 Å². The van der Waals surface area contributed by atoms with Crippen LogP contribution in [0.3, 0.4) is 0 Å². The second kappa shape index (κ2) is 6.11. The highest BCUT2D eigenvalue weighted by molar-refractivity contribution is 9.10. The number of fused-ring (bicyclic) bond motifs is 3. The fraction of sp³-hybridized carbons (Fsp3) is 0. The highest BCUT2D eigenvalue weighted by Gasteiger charge is 2.17. The van der Waals surface area contributed by atoms with Crippen LogP contribution in [0.4, 0.5) is 0 Å². The predicted octanol–water partition coefficient (Wildman–Crippen LogP) is 6.61. The maximum Gasteiger partial charge on any atom is 0.101 e. The molecule has 0 N–H and O–H groups in total. The van der Waals surface area contributed by atoms with Crippen LogP contribution in [0.5, 0.6) is 0 Å². The third-order valence-corrected chi connectivity index (χ3v) is 5.34. The molecule has 0 radical (unpaired) electrons. The molecule has 0 atom stereocenters. The molecule has 0 fully saturated rings.